The first kappa shape index (κ1) is 13.6. The molecule has 1 N–H and O–H groups in total. The molecule has 0 saturated heterocycles. The summed E-state index contributed by atoms with van der Waals surface area (Å²) in [7, 11) is 1.88. The summed E-state index contributed by atoms with van der Waals surface area (Å²) in [5.41, 5.74) is 0.985. The molecule has 0 bridgehead atoms. The highest BCUT2D eigenvalue weighted by molar-refractivity contribution is 5.80. The highest BCUT2D eigenvalue weighted by Gasteiger charge is 2.15. The van der Waals surface area contributed by atoms with Crippen LogP contribution in [0.4, 0.5) is 5.69 Å². The van der Waals surface area contributed by atoms with Gasteiger partial charge in [-0.1, -0.05) is 32.0 Å². The predicted molar refractivity (Wildman–Crippen MR) is 72.1 cm³/mol. The fraction of sp³-hybridized carbons (Fsp3) is 0.500. The van der Waals surface area contributed by atoms with Crippen LogP contribution in [-0.4, -0.2) is 30.4 Å². The van der Waals surface area contributed by atoms with Crippen molar-refractivity contribution in [2.45, 2.75) is 32.7 Å². The molecule has 1 aromatic rings. The standard InChI is InChI=1S/C14H22N2O/c1-4-13(5-2)16(3)14(17)11-15-12-9-7-6-8-10-12/h6-10,13,15H,4-5,11H2,1-3H3. The van der Waals surface area contributed by atoms with Gasteiger partial charge in [0, 0.05) is 18.8 Å². The second kappa shape index (κ2) is 6.94. The van der Waals surface area contributed by atoms with Crippen LogP contribution in [0.5, 0.6) is 0 Å². The molecular weight excluding hydrogens is 212 g/mol. The molecule has 1 amide bonds. The lowest BCUT2D eigenvalue weighted by Gasteiger charge is -2.26. The van der Waals surface area contributed by atoms with Crippen molar-refractivity contribution < 1.29 is 4.79 Å². The smallest absolute Gasteiger partial charge is 0.241 e. The summed E-state index contributed by atoms with van der Waals surface area (Å²) in [6.07, 6.45) is 2.01. The second-order valence-corrected chi connectivity index (χ2v) is 4.19. The number of anilines is 1. The van der Waals surface area contributed by atoms with Gasteiger partial charge in [-0.05, 0) is 25.0 Å². The molecule has 0 fully saturated rings. The van der Waals surface area contributed by atoms with Crippen LogP contribution in [0.2, 0.25) is 0 Å². The Kier molecular flexibility index (Phi) is 5.53. The Morgan fingerprint density at radius 2 is 1.82 bits per heavy atom. The van der Waals surface area contributed by atoms with Gasteiger partial charge in [0.25, 0.3) is 0 Å². The fourth-order valence-corrected chi connectivity index (χ4v) is 1.90. The first-order valence-electron chi connectivity index (χ1n) is 6.23. The van der Waals surface area contributed by atoms with E-state index >= 15 is 0 Å². The van der Waals surface area contributed by atoms with Gasteiger partial charge in [-0.25, -0.2) is 0 Å². The van der Waals surface area contributed by atoms with E-state index in [1.807, 2.05) is 42.3 Å². The quantitative estimate of drug-likeness (QED) is 0.821. The molecule has 94 valence electrons. The minimum absolute atomic E-state index is 0.141. The third-order valence-corrected chi connectivity index (χ3v) is 3.10. The van der Waals surface area contributed by atoms with Gasteiger partial charge in [-0.2, -0.15) is 0 Å². The van der Waals surface area contributed by atoms with E-state index in [-0.39, 0.29) is 5.91 Å². The van der Waals surface area contributed by atoms with E-state index in [1.54, 1.807) is 0 Å². The number of hydrogen-bond donors (Lipinski definition) is 1. The van der Waals surface area contributed by atoms with Gasteiger partial charge in [-0.3, -0.25) is 4.79 Å². The first-order valence-corrected chi connectivity index (χ1v) is 6.23. The molecule has 0 unspecified atom stereocenters. The minimum atomic E-state index is 0.141. The molecule has 0 aliphatic rings. The summed E-state index contributed by atoms with van der Waals surface area (Å²) < 4.78 is 0. The summed E-state index contributed by atoms with van der Waals surface area (Å²) in [5.74, 6) is 0.141. The van der Waals surface area contributed by atoms with Crippen molar-refractivity contribution in [3.05, 3.63) is 30.3 Å². The van der Waals surface area contributed by atoms with Crippen LogP contribution in [0.15, 0.2) is 30.3 Å². The van der Waals surface area contributed by atoms with E-state index in [0.29, 0.717) is 12.6 Å². The molecule has 0 radical (unpaired) electrons. The molecule has 1 aromatic carbocycles. The first-order chi connectivity index (χ1) is 8.19. The third kappa shape index (κ3) is 4.10. The molecule has 0 saturated carbocycles. The fourth-order valence-electron chi connectivity index (χ4n) is 1.90. The molecule has 1 rings (SSSR count). The number of hydrogen-bond acceptors (Lipinski definition) is 2. The van der Waals surface area contributed by atoms with Gasteiger partial charge in [0.1, 0.15) is 0 Å². The van der Waals surface area contributed by atoms with E-state index in [1.165, 1.54) is 0 Å². The molecule has 17 heavy (non-hydrogen) atoms. The molecule has 0 heterocycles. The average molecular weight is 234 g/mol. The molecule has 0 spiro atoms. The Labute approximate surface area is 104 Å². The van der Waals surface area contributed by atoms with Crippen LogP contribution in [-0.2, 0) is 4.79 Å². The van der Waals surface area contributed by atoms with E-state index in [2.05, 4.69) is 19.2 Å². The number of carbonyl (C=O) groups excluding carboxylic acids is 1. The molecule has 0 atom stereocenters. The van der Waals surface area contributed by atoms with Crippen LogP contribution < -0.4 is 5.32 Å². The van der Waals surface area contributed by atoms with Crippen LogP contribution in [0, 0.1) is 0 Å². The van der Waals surface area contributed by atoms with Crippen LogP contribution in [0.25, 0.3) is 0 Å². The number of carbonyl (C=O) groups is 1. The third-order valence-electron chi connectivity index (χ3n) is 3.10. The number of nitrogens with zero attached hydrogens (tertiary/aromatic N) is 1. The van der Waals surface area contributed by atoms with Crippen LogP contribution in [0.1, 0.15) is 26.7 Å². The van der Waals surface area contributed by atoms with Crippen LogP contribution >= 0.6 is 0 Å². The van der Waals surface area contributed by atoms with Gasteiger partial charge >= 0.3 is 0 Å². The summed E-state index contributed by atoms with van der Waals surface area (Å²) >= 11 is 0. The van der Waals surface area contributed by atoms with E-state index < -0.39 is 0 Å². The largest absolute Gasteiger partial charge is 0.376 e. The molecule has 0 aliphatic heterocycles. The van der Waals surface area contributed by atoms with Gasteiger partial charge in [0.2, 0.25) is 5.91 Å². The molecule has 3 heteroatoms. The minimum Gasteiger partial charge on any atom is -0.376 e. The van der Waals surface area contributed by atoms with E-state index in [9.17, 15) is 4.79 Å². The van der Waals surface area contributed by atoms with Gasteiger partial charge in [0.05, 0.1) is 6.54 Å². The Morgan fingerprint density at radius 1 is 1.24 bits per heavy atom. The van der Waals surface area contributed by atoms with Gasteiger partial charge < -0.3 is 10.2 Å². The number of amides is 1. The molecule has 0 aliphatic carbocycles. The highest BCUT2D eigenvalue weighted by atomic mass is 16.2. The van der Waals surface area contributed by atoms with Crippen LogP contribution in [0.3, 0.4) is 0 Å². The Hall–Kier alpha value is -1.51. The summed E-state index contributed by atoms with van der Waals surface area (Å²) in [6.45, 7) is 4.59. The lowest BCUT2D eigenvalue weighted by molar-refractivity contribution is -0.130. The Balaban J connectivity index is 2.44. The lowest BCUT2D eigenvalue weighted by atomic mass is 10.1. The van der Waals surface area contributed by atoms with Crippen molar-refractivity contribution >= 4 is 11.6 Å². The second-order valence-electron chi connectivity index (χ2n) is 4.19. The summed E-state index contributed by atoms with van der Waals surface area (Å²) in [4.78, 5) is 13.8. The molecule has 3 nitrogen and oxygen atoms in total. The SMILES string of the molecule is CCC(CC)N(C)C(=O)CNc1ccccc1. The van der Waals surface area contributed by atoms with E-state index in [4.69, 9.17) is 0 Å². The maximum absolute atomic E-state index is 11.9. The number of likely N-dealkylation sites (N-methyl/N-ethyl adjacent to an activating group) is 1. The Morgan fingerprint density at radius 3 is 2.35 bits per heavy atom. The maximum atomic E-state index is 11.9. The van der Waals surface area contributed by atoms with Crippen molar-refractivity contribution in [2.24, 2.45) is 0 Å². The Bertz CT molecular complexity index is 333. The average Bonchev–Trinajstić information content (AvgIpc) is 2.38. The normalized spacial score (nSPS) is 10.4. The number of benzene rings is 1. The monoisotopic (exact) mass is 234 g/mol. The highest BCUT2D eigenvalue weighted by Crippen LogP contribution is 2.08. The van der Waals surface area contributed by atoms with Crippen molar-refractivity contribution in [1.82, 2.24) is 4.90 Å². The molecule has 0 aromatic heterocycles. The zero-order valence-electron chi connectivity index (χ0n) is 10.9. The zero-order valence-corrected chi connectivity index (χ0v) is 10.9. The zero-order chi connectivity index (χ0) is 12.7. The summed E-state index contributed by atoms with van der Waals surface area (Å²) in [5, 5.41) is 3.14. The maximum Gasteiger partial charge on any atom is 0.241 e. The lowest BCUT2D eigenvalue weighted by Crippen LogP contribution is -2.39. The van der Waals surface area contributed by atoms with Crippen molar-refractivity contribution in [3.63, 3.8) is 0 Å². The molecular formula is C14H22N2O. The number of nitrogens with one attached hydrogen (secondary N) is 1. The topological polar surface area (TPSA) is 32.3 Å². The number of para-hydroxylation sites is 1. The van der Waals surface area contributed by atoms with Gasteiger partial charge in [0.15, 0.2) is 0 Å². The van der Waals surface area contributed by atoms with E-state index in [0.717, 1.165) is 18.5 Å². The predicted octanol–water partition coefficient (Wildman–Crippen LogP) is 2.75. The summed E-state index contributed by atoms with van der Waals surface area (Å²) in [6, 6.07) is 10.1. The number of rotatable bonds is 6. The van der Waals surface area contributed by atoms with Crippen molar-refractivity contribution in [1.29, 1.82) is 0 Å². The van der Waals surface area contributed by atoms with Crippen molar-refractivity contribution in [2.75, 3.05) is 18.9 Å². The van der Waals surface area contributed by atoms with Gasteiger partial charge in [-0.15, -0.1) is 0 Å². The van der Waals surface area contributed by atoms with Crippen molar-refractivity contribution in [3.8, 4) is 0 Å².